The normalized spacial score (nSPS) is 15.6. The molecule has 0 radical (unpaired) electrons. The van der Waals surface area contributed by atoms with Gasteiger partial charge in [0.2, 0.25) is 5.91 Å². The second-order valence-corrected chi connectivity index (χ2v) is 5.19. The van der Waals surface area contributed by atoms with Crippen LogP contribution in [0.2, 0.25) is 0 Å². The maximum Gasteiger partial charge on any atom is 0.255 e. The first-order valence-electron chi connectivity index (χ1n) is 7.06. The van der Waals surface area contributed by atoms with Crippen LogP contribution in [-0.4, -0.2) is 43.0 Å². The Bertz CT molecular complexity index is 539. The van der Waals surface area contributed by atoms with Gasteiger partial charge in [0.1, 0.15) is 11.8 Å². The average molecular weight is 291 g/mol. The number of likely N-dealkylation sites (tertiary alicyclic amines) is 1. The van der Waals surface area contributed by atoms with E-state index in [4.69, 9.17) is 10.5 Å². The molecule has 0 spiro atoms. The fraction of sp³-hybridized carbons (Fsp3) is 0.467. The third kappa shape index (κ3) is 3.45. The van der Waals surface area contributed by atoms with Gasteiger partial charge in [-0.1, -0.05) is 0 Å². The second-order valence-electron chi connectivity index (χ2n) is 5.19. The third-order valence-corrected chi connectivity index (χ3v) is 3.60. The highest BCUT2D eigenvalue weighted by Crippen LogP contribution is 2.21. The number of ether oxygens (including phenoxy) is 1. The number of nitrogens with two attached hydrogens (primary N) is 1. The van der Waals surface area contributed by atoms with Gasteiger partial charge in [0.15, 0.2) is 0 Å². The van der Waals surface area contributed by atoms with Gasteiger partial charge in [-0.25, -0.2) is 0 Å². The van der Waals surface area contributed by atoms with Crippen molar-refractivity contribution in [1.29, 1.82) is 0 Å². The van der Waals surface area contributed by atoms with Gasteiger partial charge >= 0.3 is 0 Å². The van der Waals surface area contributed by atoms with E-state index in [-0.39, 0.29) is 11.8 Å². The highest BCUT2D eigenvalue weighted by molar-refractivity contribution is 6.00. The Hall–Kier alpha value is -2.24. The Labute approximate surface area is 124 Å². The quantitative estimate of drug-likeness (QED) is 0.811. The Morgan fingerprint density at radius 2 is 2.00 bits per heavy atom. The number of nitrogen functional groups attached to an aromatic ring is 1. The van der Waals surface area contributed by atoms with Gasteiger partial charge in [-0.2, -0.15) is 0 Å². The maximum atomic E-state index is 12.3. The molecule has 6 heteroatoms. The predicted molar refractivity (Wildman–Crippen MR) is 80.1 cm³/mol. The van der Waals surface area contributed by atoms with Crippen LogP contribution >= 0.6 is 0 Å². The highest BCUT2D eigenvalue weighted by Gasteiger charge is 2.25. The topological polar surface area (TPSA) is 84.7 Å². The third-order valence-electron chi connectivity index (χ3n) is 3.60. The lowest BCUT2D eigenvalue weighted by molar-refractivity contribution is -0.131. The summed E-state index contributed by atoms with van der Waals surface area (Å²) in [7, 11) is 1.49. The van der Waals surface area contributed by atoms with Crippen LogP contribution in [0.5, 0.6) is 5.75 Å². The summed E-state index contributed by atoms with van der Waals surface area (Å²) in [5.74, 6) is 0.0189. The molecule has 1 atom stereocenters. The Balaban J connectivity index is 2.06. The lowest BCUT2D eigenvalue weighted by Crippen LogP contribution is -2.46. The molecule has 1 heterocycles. The van der Waals surface area contributed by atoms with E-state index in [0.29, 0.717) is 17.0 Å². The van der Waals surface area contributed by atoms with E-state index in [1.807, 2.05) is 0 Å². The molecule has 6 nitrogen and oxygen atoms in total. The van der Waals surface area contributed by atoms with Crippen LogP contribution in [0.15, 0.2) is 18.2 Å². The Kier molecular flexibility index (Phi) is 4.67. The van der Waals surface area contributed by atoms with Crippen LogP contribution in [-0.2, 0) is 4.79 Å². The molecule has 1 fully saturated rings. The maximum absolute atomic E-state index is 12.3. The number of nitrogens with one attached hydrogen (secondary N) is 1. The molecule has 1 aliphatic heterocycles. The zero-order chi connectivity index (χ0) is 15.4. The minimum Gasteiger partial charge on any atom is -0.496 e. The lowest BCUT2D eigenvalue weighted by atomic mass is 10.1. The first-order chi connectivity index (χ1) is 10.0. The average Bonchev–Trinajstić information content (AvgIpc) is 3.00. The van der Waals surface area contributed by atoms with Crippen LogP contribution in [0, 0.1) is 0 Å². The molecular formula is C15H21N3O3. The fourth-order valence-electron chi connectivity index (χ4n) is 2.45. The van der Waals surface area contributed by atoms with Crippen LogP contribution in [0.3, 0.4) is 0 Å². The minimum atomic E-state index is -0.568. The monoisotopic (exact) mass is 291 g/mol. The van der Waals surface area contributed by atoms with Crippen molar-refractivity contribution in [2.45, 2.75) is 25.8 Å². The predicted octanol–water partition coefficient (Wildman–Crippen LogP) is 1.02. The van der Waals surface area contributed by atoms with Crippen molar-refractivity contribution >= 4 is 17.5 Å². The molecule has 21 heavy (non-hydrogen) atoms. The number of carbonyl (C=O) groups excluding carboxylic acids is 2. The van der Waals surface area contributed by atoms with E-state index >= 15 is 0 Å². The van der Waals surface area contributed by atoms with E-state index < -0.39 is 6.04 Å². The zero-order valence-corrected chi connectivity index (χ0v) is 12.4. The van der Waals surface area contributed by atoms with Gasteiger partial charge in [0.05, 0.1) is 12.7 Å². The molecule has 1 aliphatic rings. The summed E-state index contributed by atoms with van der Waals surface area (Å²) in [6.07, 6.45) is 2.05. The zero-order valence-electron chi connectivity index (χ0n) is 12.4. The number of hydrogen-bond donors (Lipinski definition) is 2. The molecule has 1 unspecified atom stereocenters. The molecule has 0 saturated carbocycles. The van der Waals surface area contributed by atoms with E-state index in [9.17, 15) is 9.59 Å². The van der Waals surface area contributed by atoms with Crippen molar-refractivity contribution in [3.63, 3.8) is 0 Å². The Morgan fingerprint density at radius 1 is 1.33 bits per heavy atom. The molecule has 1 aromatic carbocycles. The van der Waals surface area contributed by atoms with Crippen molar-refractivity contribution in [3.8, 4) is 5.75 Å². The van der Waals surface area contributed by atoms with Crippen molar-refractivity contribution in [1.82, 2.24) is 10.2 Å². The van der Waals surface area contributed by atoms with Gasteiger partial charge in [-0.05, 0) is 38.0 Å². The summed E-state index contributed by atoms with van der Waals surface area (Å²) in [5.41, 5.74) is 6.50. The molecule has 114 valence electrons. The summed E-state index contributed by atoms with van der Waals surface area (Å²) in [5, 5.41) is 2.71. The summed E-state index contributed by atoms with van der Waals surface area (Å²) >= 11 is 0. The highest BCUT2D eigenvalue weighted by atomic mass is 16.5. The fourth-order valence-corrected chi connectivity index (χ4v) is 2.45. The van der Waals surface area contributed by atoms with E-state index in [1.165, 1.54) is 7.11 Å². The second kappa shape index (κ2) is 6.47. The summed E-state index contributed by atoms with van der Waals surface area (Å²) in [6.45, 7) is 3.22. The summed E-state index contributed by atoms with van der Waals surface area (Å²) in [4.78, 5) is 26.3. The first-order valence-corrected chi connectivity index (χ1v) is 7.06. The number of amides is 2. The van der Waals surface area contributed by atoms with E-state index in [2.05, 4.69) is 5.32 Å². The SMILES string of the molecule is COc1ccc(N)cc1C(=O)NC(C)C(=O)N1CCCC1. The van der Waals surface area contributed by atoms with Crippen LogP contribution in [0.25, 0.3) is 0 Å². The van der Waals surface area contributed by atoms with Crippen molar-refractivity contribution in [2.75, 3.05) is 25.9 Å². The molecule has 0 bridgehead atoms. The number of benzene rings is 1. The number of anilines is 1. The first kappa shape index (κ1) is 15.2. The number of methoxy groups -OCH3 is 1. The molecule has 2 amide bonds. The van der Waals surface area contributed by atoms with Crippen LogP contribution in [0.1, 0.15) is 30.1 Å². The van der Waals surface area contributed by atoms with Gasteiger partial charge < -0.3 is 20.7 Å². The molecule has 1 aromatic rings. The summed E-state index contributed by atoms with van der Waals surface area (Å²) in [6, 6.07) is 4.27. The number of hydrogen-bond acceptors (Lipinski definition) is 4. The lowest BCUT2D eigenvalue weighted by Gasteiger charge is -2.21. The number of nitrogens with zero attached hydrogens (tertiary/aromatic N) is 1. The number of rotatable bonds is 4. The van der Waals surface area contributed by atoms with E-state index in [0.717, 1.165) is 25.9 Å². The minimum absolute atomic E-state index is 0.0521. The van der Waals surface area contributed by atoms with Crippen molar-refractivity contribution in [3.05, 3.63) is 23.8 Å². The van der Waals surface area contributed by atoms with Crippen LogP contribution in [0.4, 0.5) is 5.69 Å². The van der Waals surface area contributed by atoms with Gasteiger partial charge in [-0.15, -0.1) is 0 Å². The molecule has 2 rings (SSSR count). The van der Waals surface area contributed by atoms with E-state index in [1.54, 1.807) is 30.0 Å². The summed E-state index contributed by atoms with van der Waals surface area (Å²) < 4.78 is 5.15. The van der Waals surface area contributed by atoms with Gasteiger partial charge in [0.25, 0.3) is 5.91 Å². The van der Waals surface area contributed by atoms with Gasteiger partial charge in [0, 0.05) is 18.8 Å². The molecular weight excluding hydrogens is 270 g/mol. The molecule has 0 aliphatic carbocycles. The Morgan fingerprint density at radius 3 is 2.62 bits per heavy atom. The van der Waals surface area contributed by atoms with Gasteiger partial charge in [-0.3, -0.25) is 9.59 Å². The molecule has 3 N–H and O–H groups in total. The smallest absolute Gasteiger partial charge is 0.255 e. The largest absolute Gasteiger partial charge is 0.496 e. The number of carbonyl (C=O) groups is 2. The molecule has 0 aromatic heterocycles. The van der Waals surface area contributed by atoms with Crippen LogP contribution < -0.4 is 15.8 Å². The van der Waals surface area contributed by atoms with Crippen molar-refractivity contribution < 1.29 is 14.3 Å². The standard InChI is InChI=1S/C15H21N3O3/c1-10(15(20)18-7-3-4-8-18)17-14(19)12-9-11(16)5-6-13(12)21-2/h5-6,9-10H,3-4,7-8,16H2,1-2H3,(H,17,19). The molecule has 1 saturated heterocycles. The van der Waals surface area contributed by atoms with Crippen molar-refractivity contribution in [2.24, 2.45) is 0 Å².